The Morgan fingerprint density at radius 1 is 1.05 bits per heavy atom. The number of H-pyrrole nitrogens is 2. The molecule has 0 atom stereocenters. The van der Waals surface area contributed by atoms with Crippen molar-refractivity contribution in [2.24, 2.45) is 5.92 Å². The summed E-state index contributed by atoms with van der Waals surface area (Å²) < 4.78 is 5.29. The van der Waals surface area contributed by atoms with Gasteiger partial charge in [0.1, 0.15) is 5.69 Å². The van der Waals surface area contributed by atoms with Crippen LogP contribution in [-0.4, -0.2) is 26.1 Å². The second-order valence-electron chi connectivity index (χ2n) is 9.89. The summed E-state index contributed by atoms with van der Waals surface area (Å²) in [6.45, 7) is 2.09. The lowest BCUT2D eigenvalue weighted by molar-refractivity contribution is -0.121. The van der Waals surface area contributed by atoms with Crippen LogP contribution in [0.3, 0.4) is 0 Å². The van der Waals surface area contributed by atoms with Crippen LogP contribution >= 0.6 is 0 Å². The topological polar surface area (TPSA) is 99.6 Å². The van der Waals surface area contributed by atoms with Crippen molar-refractivity contribution in [1.29, 1.82) is 0 Å². The number of hydrogen-bond donors (Lipinski definition) is 3. The van der Waals surface area contributed by atoms with E-state index < -0.39 is 0 Å². The average molecular weight is 488 g/mol. The fourth-order valence-electron chi connectivity index (χ4n) is 4.95. The van der Waals surface area contributed by atoms with Gasteiger partial charge in [-0.3, -0.25) is 14.9 Å². The van der Waals surface area contributed by atoms with Gasteiger partial charge < -0.3 is 14.7 Å². The van der Waals surface area contributed by atoms with Gasteiger partial charge in [-0.25, -0.2) is 0 Å². The highest BCUT2D eigenvalue weighted by Gasteiger charge is 2.30. The van der Waals surface area contributed by atoms with Gasteiger partial charge in [-0.15, -0.1) is 0 Å². The summed E-state index contributed by atoms with van der Waals surface area (Å²) in [5, 5.41) is 13.0. The van der Waals surface area contributed by atoms with Crippen molar-refractivity contribution in [2.75, 3.05) is 0 Å². The number of benzene rings is 1. The number of rotatable bonds is 5. The van der Waals surface area contributed by atoms with E-state index in [0.717, 1.165) is 80.4 Å². The van der Waals surface area contributed by atoms with E-state index in [1.54, 1.807) is 12.5 Å². The SMILES string of the molecule is CC1=CC(NC(=O)C2CC2)=CC(c2ccc3[nH]nc(-c4cc5c(-c6ccoc6)cncc5[nH]4)c3c2)=CC1. The van der Waals surface area contributed by atoms with Crippen molar-refractivity contribution in [3.05, 3.63) is 90.3 Å². The van der Waals surface area contributed by atoms with E-state index in [0.29, 0.717) is 0 Å². The van der Waals surface area contributed by atoms with Crippen LogP contribution in [0.25, 0.3) is 49.9 Å². The Morgan fingerprint density at radius 3 is 2.81 bits per heavy atom. The number of carbonyl (C=O) groups is 1. The molecular formula is C30H25N5O2. The minimum absolute atomic E-state index is 0.118. The fourth-order valence-corrected chi connectivity index (χ4v) is 4.95. The minimum Gasteiger partial charge on any atom is -0.472 e. The highest BCUT2D eigenvalue weighted by molar-refractivity contribution is 6.01. The first kappa shape index (κ1) is 21.6. The zero-order valence-corrected chi connectivity index (χ0v) is 20.3. The van der Waals surface area contributed by atoms with E-state index >= 15 is 0 Å². The number of aromatic nitrogens is 4. The lowest BCUT2D eigenvalue weighted by Gasteiger charge is -2.08. The molecule has 1 saturated carbocycles. The number of amides is 1. The summed E-state index contributed by atoms with van der Waals surface area (Å²) in [6, 6.07) is 10.4. The molecule has 182 valence electrons. The zero-order valence-electron chi connectivity index (χ0n) is 20.3. The molecule has 4 aromatic heterocycles. The summed E-state index contributed by atoms with van der Waals surface area (Å²) in [6.07, 6.45) is 16.2. The number of hydrogen-bond acceptors (Lipinski definition) is 4. The lowest BCUT2D eigenvalue weighted by atomic mass is 10.0. The Labute approximate surface area is 213 Å². The third-order valence-electron chi connectivity index (χ3n) is 7.10. The second-order valence-corrected chi connectivity index (χ2v) is 9.89. The first-order chi connectivity index (χ1) is 18.1. The molecule has 0 spiro atoms. The van der Waals surface area contributed by atoms with Crippen molar-refractivity contribution >= 4 is 33.3 Å². The molecule has 37 heavy (non-hydrogen) atoms. The fraction of sp³-hybridized carbons (Fsp3) is 0.167. The van der Waals surface area contributed by atoms with Crippen LogP contribution in [0.15, 0.2) is 89.2 Å². The Morgan fingerprint density at radius 2 is 1.97 bits per heavy atom. The van der Waals surface area contributed by atoms with E-state index in [9.17, 15) is 4.79 Å². The molecule has 7 nitrogen and oxygen atoms in total. The maximum Gasteiger partial charge on any atom is 0.227 e. The van der Waals surface area contributed by atoms with E-state index in [1.807, 2.05) is 18.5 Å². The molecule has 7 heteroatoms. The first-order valence-electron chi connectivity index (χ1n) is 12.5. The maximum absolute atomic E-state index is 12.4. The summed E-state index contributed by atoms with van der Waals surface area (Å²) >= 11 is 0. The maximum atomic E-state index is 12.4. The molecule has 4 heterocycles. The van der Waals surface area contributed by atoms with E-state index in [2.05, 4.69) is 74.9 Å². The molecule has 2 aliphatic carbocycles. The van der Waals surface area contributed by atoms with E-state index in [-0.39, 0.29) is 11.8 Å². The molecule has 2 aliphatic rings. The molecule has 0 unspecified atom stereocenters. The van der Waals surface area contributed by atoms with Gasteiger partial charge in [-0.2, -0.15) is 5.10 Å². The Hall–Kier alpha value is -4.65. The largest absolute Gasteiger partial charge is 0.472 e. The van der Waals surface area contributed by atoms with Crippen LogP contribution in [0.5, 0.6) is 0 Å². The summed E-state index contributed by atoms with van der Waals surface area (Å²) in [5.41, 5.74) is 9.86. The molecule has 1 aromatic carbocycles. The molecule has 1 amide bonds. The molecule has 0 bridgehead atoms. The van der Waals surface area contributed by atoms with E-state index in [1.165, 1.54) is 5.57 Å². The molecule has 0 aliphatic heterocycles. The number of nitrogens with zero attached hydrogens (tertiary/aromatic N) is 2. The number of fused-ring (bicyclic) bond motifs is 2. The van der Waals surface area contributed by atoms with Gasteiger partial charge in [0.25, 0.3) is 0 Å². The van der Waals surface area contributed by atoms with Gasteiger partial charge in [-0.05, 0) is 73.7 Å². The smallest absolute Gasteiger partial charge is 0.227 e. The third kappa shape index (κ3) is 3.98. The third-order valence-corrected chi connectivity index (χ3v) is 7.10. The van der Waals surface area contributed by atoms with Crippen LogP contribution in [0, 0.1) is 5.92 Å². The first-order valence-corrected chi connectivity index (χ1v) is 12.5. The van der Waals surface area contributed by atoms with Crippen molar-refractivity contribution < 1.29 is 9.21 Å². The molecule has 5 aromatic rings. The number of nitrogens with one attached hydrogen (secondary N) is 3. The standard InChI is InChI=1S/C30H25N5O2/c1-17-2-3-19(11-22(10-17)32-30(36)18-4-5-18)20-6-7-26-24(12-20)29(35-34-26)27-13-23-25(21-8-9-37-16-21)14-31-15-28(23)33-27/h3,6-16,18,33H,2,4-5H2,1H3,(H,32,36)(H,34,35). The number of furan rings is 1. The molecular weight excluding hydrogens is 462 g/mol. The highest BCUT2D eigenvalue weighted by atomic mass is 16.3. The quantitative estimate of drug-likeness (QED) is 0.263. The van der Waals surface area contributed by atoms with Gasteiger partial charge in [0.15, 0.2) is 0 Å². The van der Waals surface area contributed by atoms with Crippen molar-refractivity contribution in [1.82, 2.24) is 25.5 Å². The van der Waals surface area contributed by atoms with Crippen LogP contribution in [0.1, 0.15) is 31.7 Å². The van der Waals surface area contributed by atoms with Gasteiger partial charge in [-0.1, -0.05) is 17.7 Å². The van der Waals surface area contributed by atoms with Crippen LogP contribution in [0.2, 0.25) is 0 Å². The average Bonchev–Trinajstić information content (AvgIpc) is 3.30. The van der Waals surface area contributed by atoms with Crippen molar-refractivity contribution in [3.63, 3.8) is 0 Å². The predicted octanol–water partition coefficient (Wildman–Crippen LogP) is 6.51. The van der Waals surface area contributed by atoms with Crippen LogP contribution < -0.4 is 5.32 Å². The Bertz CT molecular complexity index is 1760. The zero-order chi connectivity index (χ0) is 24.9. The second kappa shape index (κ2) is 8.48. The lowest BCUT2D eigenvalue weighted by Crippen LogP contribution is -2.23. The normalized spacial score (nSPS) is 15.9. The summed E-state index contributed by atoms with van der Waals surface area (Å²) in [4.78, 5) is 20.3. The Kier molecular flexibility index (Phi) is 4.96. The predicted molar refractivity (Wildman–Crippen MR) is 144 cm³/mol. The molecule has 0 radical (unpaired) electrons. The van der Waals surface area contributed by atoms with Crippen LogP contribution in [-0.2, 0) is 4.79 Å². The summed E-state index contributed by atoms with van der Waals surface area (Å²) in [7, 11) is 0. The molecule has 7 rings (SSSR count). The van der Waals surface area contributed by atoms with Crippen LogP contribution in [0.4, 0.5) is 0 Å². The number of aromatic amines is 2. The molecule has 0 saturated heterocycles. The minimum atomic E-state index is 0.118. The molecule has 1 fully saturated rings. The van der Waals surface area contributed by atoms with Gasteiger partial charge in [0, 0.05) is 39.7 Å². The number of carbonyl (C=O) groups excluding carboxylic acids is 1. The van der Waals surface area contributed by atoms with Gasteiger partial charge in [0.05, 0.1) is 35.5 Å². The van der Waals surface area contributed by atoms with Crippen molar-refractivity contribution in [3.8, 4) is 22.5 Å². The Balaban J connectivity index is 1.28. The number of pyridine rings is 1. The highest BCUT2D eigenvalue weighted by Crippen LogP contribution is 2.35. The van der Waals surface area contributed by atoms with Gasteiger partial charge in [0.2, 0.25) is 5.91 Å². The number of allylic oxidation sites excluding steroid dienone is 5. The van der Waals surface area contributed by atoms with E-state index in [4.69, 9.17) is 4.42 Å². The monoisotopic (exact) mass is 487 g/mol. The van der Waals surface area contributed by atoms with Crippen molar-refractivity contribution in [2.45, 2.75) is 26.2 Å². The van der Waals surface area contributed by atoms with Gasteiger partial charge >= 0.3 is 0 Å². The summed E-state index contributed by atoms with van der Waals surface area (Å²) in [5.74, 6) is 0.280. The molecule has 3 N–H and O–H groups in total.